The molecule has 4 rings (SSSR count). The summed E-state index contributed by atoms with van der Waals surface area (Å²) in [5.74, 6) is 0. The summed E-state index contributed by atoms with van der Waals surface area (Å²) in [6.45, 7) is 6.49. The molecule has 0 radical (unpaired) electrons. The minimum atomic E-state index is 0.591. The number of nitrogens with zero attached hydrogens (tertiary/aromatic N) is 1. The molecule has 0 saturated carbocycles. The molecule has 2 nitrogen and oxygen atoms in total. The monoisotopic (exact) mass is 476 g/mol. The smallest absolute Gasteiger partial charge is 0.0423 e. The first-order valence-electron chi connectivity index (χ1n) is 9.34. The molecule has 2 heterocycles. The first-order valence-corrected chi connectivity index (χ1v) is 10.9. The van der Waals surface area contributed by atoms with Crippen molar-refractivity contribution in [1.82, 2.24) is 5.32 Å². The van der Waals surface area contributed by atoms with Gasteiger partial charge >= 0.3 is 0 Å². The largest absolute Gasteiger partial charge is 0.310 e. The van der Waals surface area contributed by atoms with E-state index in [-0.39, 0.29) is 0 Å². The van der Waals surface area contributed by atoms with Crippen LogP contribution in [-0.2, 0) is 0 Å². The van der Waals surface area contributed by atoms with Gasteiger partial charge in [-0.25, -0.2) is 0 Å². The molecule has 0 aliphatic carbocycles. The highest BCUT2D eigenvalue weighted by Crippen LogP contribution is 2.27. The van der Waals surface area contributed by atoms with Crippen molar-refractivity contribution in [1.29, 1.82) is 0 Å². The van der Waals surface area contributed by atoms with Gasteiger partial charge in [0.05, 0.1) is 0 Å². The van der Waals surface area contributed by atoms with Crippen molar-refractivity contribution in [2.24, 2.45) is 4.99 Å². The zero-order valence-electron chi connectivity index (χ0n) is 15.5. The molecule has 2 aromatic rings. The second kappa shape index (κ2) is 9.29. The molecule has 1 saturated heterocycles. The summed E-state index contributed by atoms with van der Waals surface area (Å²) in [6.07, 6.45) is 4.94. The third kappa shape index (κ3) is 5.05. The Bertz CT molecular complexity index is 793. The van der Waals surface area contributed by atoms with E-state index in [0.717, 1.165) is 17.4 Å². The van der Waals surface area contributed by atoms with E-state index in [0.29, 0.717) is 6.04 Å². The summed E-state index contributed by atoms with van der Waals surface area (Å²) < 4.78 is 2.32. The number of hydrogen-bond acceptors (Lipinski definition) is 2. The van der Waals surface area contributed by atoms with E-state index < -0.39 is 0 Å². The molecule has 138 valence electrons. The van der Waals surface area contributed by atoms with E-state index in [1.165, 1.54) is 58.2 Å². The van der Waals surface area contributed by atoms with Crippen LogP contribution in [0.1, 0.15) is 54.0 Å². The second-order valence-corrected chi connectivity index (χ2v) is 8.87. The van der Waals surface area contributed by atoms with E-state index in [1.807, 2.05) is 0 Å². The van der Waals surface area contributed by atoms with E-state index in [2.05, 4.69) is 92.4 Å². The van der Waals surface area contributed by atoms with E-state index in [1.54, 1.807) is 0 Å². The molecule has 26 heavy (non-hydrogen) atoms. The van der Waals surface area contributed by atoms with Gasteiger partial charge in [-0.15, -0.1) is 0 Å². The quantitative estimate of drug-likeness (QED) is 0.522. The topological polar surface area (TPSA) is 24.4 Å². The van der Waals surface area contributed by atoms with Crippen LogP contribution in [0, 0.1) is 13.8 Å². The highest BCUT2D eigenvalue weighted by molar-refractivity contribution is 9.10. The Hall–Kier alpha value is -0.970. The third-order valence-electron chi connectivity index (χ3n) is 5.04. The maximum Gasteiger partial charge on any atom is 0.0423 e. The van der Waals surface area contributed by atoms with Gasteiger partial charge in [-0.05, 0) is 92.6 Å². The third-order valence-corrected chi connectivity index (χ3v) is 6.03. The van der Waals surface area contributed by atoms with E-state index in [4.69, 9.17) is 0 Å². The molecule has 0 amide bonds. The van der Waals surface area contributed by atoms with Crippen molar-refractivity contribution in [2.75, 3.05) is 13.1 Å². The van der Waals surface area contributed by atoms with Crippen molar-refractivity contribution >= 4 is 37.6 Å². The average Bonchev–Trinajstić information content (AvgIpc) is 3.29. The Labute approximate surface area is 173 Å². The number of aryl methyl sites for hydroxylation is 2. The molecule has 2 aliphatic rings. The number of benzene rings is 2. The summed E-state index contributed by atoms with van der Waals surface area (Å²) in [6, 6.07) is 13.5. The standard InChI is InChI=1S/C11H14BrN.C11H12BrN/c2*1-8-7-9(12)4-5-10(8)11-3-2-6-13-11/h4-5,7,11,13H,2-3,6H2,1H3;4-5,7H,2-3,6H2,1H3. The average molecular weight is 478 g/mol. The lowest BCUT2D eigenvalue weighted by Crippen LogP contribution is -2.13. The van der Waals surface area contributed by atoms with Crippen LogP contribution in [0.5, 0.6) is 0 Å². The first-order chi connectivity index (χ1) is 12.5. The fraction of sp³-hybridized carbons (Fsp3) is 0.409. The maximum atomic E-state index is 4.50. The SMILES string of the molecule is Cc1cc(Br)ccc1C1=NCCC1.Cc1cc(Br)ccc1C1CCCN1. The molecule has 2 aromatic carbocycles. The van der Waals surface area contributed by atoms with Crippen LogP contribution in [0.3, 0.4) is 0 Å². The predicted octanol–water partition coefficient (Wildman–Crippen LogP) is 6.52. The molecule has 0 spiro atoms. The van der Waals surface area contributed by atoms with Gasteiger partial charge in [0.15, 0.2) is 0 Å². The van der Waals surface area contributed by atoms with Crippen molar-refractivity contribution in [3.63, 3.8) is 0 Å². The van der Waals surface area contributed by atoms with Gasteiger partial charge < -0.3 is 5.32 Å². The van der Waals surface area contributed by atoms with Crippen LogP contribution in [0.25, 0.3) is 0 Å². The Balaban J connectivity index is 0.000000151. The van der Waals surface area contributed by atoms with Crippen LogP contribution >= 0.6 is 31.9 Å². The van der Waals surface area contributed by atoms with Crippen LogP contribution in [0.15, 0.2) is 50.3 Å². The highest BCUT2D eigenvalue weighted by atomic mass is 79.9. The Morgan fingerprint density at radius 2 is 1.69 bits per heavy atom. The summed E-state index contributed by atoms with van der Waals surface area (Å²) in [5, 5.41) is 3.52. The van der Waals surface area contributed by atoms with Crippen LogP contribution < -0.4 is 5.32 Å². The summed E-state index contributed by atoms with van der Waals surface area (Å²) in [5.41, 5.74) is 6.76. The van der Waals surface area contributed by atoms with E-state index >= 15 is 0 Å². The molecule has 4 heteroatoms. The minimum absolute atomic E-state index is 0.591. The normalized spacial score (nSPS) is 19.1. The molecule has 1 fully saturated rings. The predicted molar refractivity (Wildman–Crippen MR) is 118 cm³/mol. The Morgan fingerprint density at radius 1 is 0.962 bits per heavy atom. The number of hydrogen-bond donors (Lipinski definition) is 1. The van der Waals surface area contributed by atoms with Gasteiger partial charge in [0.2, 0.25) is 0 Å². The summed E-state index contributed by atoms with van der Waals surface area (Å²) in [7, 11) is 0. The Morgan fingerprint density at radius 3 is 2.27 bits per heavy atom. The lowest BCUT2D eigenvalue weighted by Gasteiger charge is -2.13. The fourth-order valence-electron chi connectivity index (χ4n) is 3.69. The van der Waals surface area contributed by atoms with E-state index in [9.17, 15) is 0 Å². The summed E-state index contributed by atoms with van der Waals surface area (Å²) >= 11 is 6.95. The van der Waals surface area contributed by atoms with Gasteiger partial charge in [0, 0.05) is 27.2 Å². The van der Waals surface area contributed by atoms with Crippen molar-refractivity contribution in [3.05, 3.63) is 67.6 Å². The van der Waals surface area contributed by atoms with Crippen LogP contribution in [-0.4, -0.2) is 18.8 Å². The number of halogens is 2. The van der Waals surface area contributed by atoms with Crippen LogP contribution in [0.2, 0.25) is 0 Å². The van der Waals surface area contributed by atoms with Gasteiger partial charge in [-0.2, -0.15) is 0 Å². The first kappa shape index (κ1) is 19.8. The zero-order valence-corrected chi connectivity index (χ0v) is 18.7. The lowest BCUT2D eigenvalue weighted by molar-refractivity contribution is 0.643. The zero-order chi connectivity index (χ0) is 18.5. The number of nitrogens with one attached hydrogen (secondary N) is 1. The van der Waals surface area contributed by atoms with Gasteiger partial charge in [0.25, 0.3) is 0 Å². The van der Waals surface area contributed by atoms with Crippen molar-refractivity contribution in [2.45, 2.75) is 45.6 Å². The highest BCUT2D eigenvalue weighted by Gasteiger charge is 2.17. The molecule has 1 N–H and O–H groups in total. The molecular weight excluding hydrogens is 452 g/mol. The fourth-order valence-corrected chi connectivity index (χ4v) is 4.64. The van der Waals surface area contributed by atoms with Crippen molar-refractivity contribution in [3.8, 4) is 0 Å². The summed E-state index contributed by atoms with van der Waals surface area (Å²) in [4.78, 5) is 4.50. The molecular formula is C22H26Br2N2. The lowest BCUT2D eigenvalue weighted by atomic mass is 10.0. The minimum Gasteiger partial charge on any atom is -0.310 e. The Kier molecular flexibility index (Phi) is 7.07. The molecule has 2 aliphatic heterocycles. The van der Waals surface area contributed by atoms with Crippen molar-refractivity contribution < 1.29 is 0 Å². The number of aliphatic imine (C=N–C) groups is 1. The van der Waals surface area contributed by atoms with Gasteiger partial charge in [-0.3, -0.25) is 4.99 Å². The molecule has 0 bridgehead atoms. The second-order valence-electron chi connectivity index (χ2n) is 7.04. The molecule has 1 unspecified atom stereocenters. The van der Waals surface area contributed by atoms with Gasteiger partial charge in [-0.1, -0.05) is 44.0 Å². The maximum absolute atomic E-state index is 4.50. The molecule has 0 aromatic heterocycles. The van der Waals surface area contributed by atoms with Crippen LogP contribution in [0.4, 0.5) is 0 Å². The number of rotatable bonds is 2. The van der Waals surface area contributed by atoms with Gasteiger partial charge in [0.1, 0.15) is 0 Å². The molecule has 1 atom stereocenters.